The number of nitrogens with zero attached hydrogens (tertiary/aromatic N) is 3. The lowest BCUT2D eigenvalue weighted by molar-refractivity contribution is 0.340. The van der Waals surface area contributed by atoms with E-state index in [9.17, 15) is 0 Å². The zero-order valence-electron chi connectivity index (χ0n) is 12.4. The smallest absolute Gasteiger partial charge is 0.138 e. The molecule has 4 nitrogen and oxygen atoms in total. The van der Waals surface area contributed by atoms with Crippen molar-refractivity contribution in [2.45, 2.75) is 44.7 Å². The third kappa shape index (κ3) is 2.52. The molecule has 0 bridgehead atoms. The predicted molar refractivity (Wildman–Crippen MR) is 83.3 cm³/mol. The first-order chi connectivity index (χ1) is 9.79. The summed E-state index contributed by atoms with van der Waals surface area (Å²) < 4.78 is 2.18. The molecular formula is C16H24N4. The molecule has 0 spiro atoms. The van der Waals surface area contributed by atoms with Gasteiger partial charge in [-0.1, -0.05) is 13.0 Å². The minimum absolute atomic E-state index is 0.637. The predicted octanol–water partition coefficient (Wildman–Crippen LogP) is 2.69. The second kappa shape index (κ2) is 5.83. The van der Waals surface area contributed by atoms with Gasteiger partial charge in [0.1, 0.15) is 11.5 Å². The first-order valence-electron chi connectivity index (χ1n) is 7.68. The fraction of sp³-hybridized carbons (Fsp3) is 0.562. The van der Waals surface area contributed by atoms with E-state index in [-0.39, 0.29) is 0 Å². The summed E-state index contributed by atoms with van der Waals surface area (Å²) >= 11 is 0. The fourth-order valence-electron chi connectivity index (χ4n) is 3.36. The Kier molecular flexibility index (Phi) is 3.92. The topological polar surface area (TPSA) is 32.6 Å². The van der Waals surface area contributed by atoms with Crippen LogP contribution in [0.1, 0.15) is 32.6 Å². The minimum Gasteiger partial charge on any atom is -0.358 e. The van der Waals surface area contributed by atoms with Crippen LogP contribution in [0.5, 0.6) is 0 Å². The Morgan fingerprint density at radius 2 is 2.10 bits per heavy atom. The van der Waals surface area contributed by atoms with Gasteiger partial charge in [0.15, 0.2) is 0 Å². The molecule has 0 radical (unpaired) electrons. The van der Waals surface area contributed by atoms with Crippen LogP contribution >= 0.6 is 0 Å². The molecular weight excluding hydrogens is 248 g/mol. The van der Waals surface area contributed by atoms with Crippen molar-refractivity contribution in [3.63, 3.8) is 0 Å². The van der Waals surface area contributed by atoms with E-state index in [4.69, 9.17) is 0 Å². The van der Waals surface area contributed by atoms with Crippen molar-refractivity contribution in [1.82, 2.24) is 14.7 Å². The molecule has 1 aliphatic rings. The Morgan fingerprint density at radius 3 is 2.85 bits per heavy atom. The van der Waals surface area contributed by atoms with Gasteiger partial charge in [-0.15, -0.1) is 0 Å². The number of aromatic nitrogens is 2. The number of hydrogen-bond donors (Lipinski definition) is 1. The second-order valence-corrected chi connectivity index (χ2v) is 5.71. The summed E-state index contributed by atoms with van der Waals surface area (Å²) in [4.78, 5) is 6.80. The van der Waals surface area contributed by atoms with E-state index in [1.807, 2.05) is 12.4 Å². The average molecular weight is 272 g/mol. The number of anilines is 1. The van der Waals surface area contributed by atoms with Gasteiger partial charge in [0, 0.05) is 31.5 Å². The molecule has 1 aliphatic carbocycles. The Balaban J connectivity index is 1.73. The molecule has 1 fully saturated rings. The summed E-state index contributed by atoms with van der Waals surface area (Å²) in [5, 5.41) is 3.58. The van der Waals surface area contributed by atoms with Crippen molar-refractivity contribution in [3.8, 4) is 0 Å². The van der Waals surface area contributed by atoms with E-state index in [2.05, 4.69) is 51.8 Å². The van der Waals surface area contributed by atoms with Crippen LogP contribution in [0.4, 0.5) is 5.82 Å². The molecule has 108 valence electrons. The molecule has 4 heteroatoms. The van der Waals surface area contributed by atoms with Crippen molar-refractivity contribution in [1.29, 1.82) is 0 Å². The lowest BCUT2D eigenvalue weighted by Crippen LogP contribution is -2.41. The van der Waals surface area contributed by atoms with Gasteiger partial charge >= 0.3 is 0 Å². The highest BCUT2D eigenvalue weighted by Crippen LogP contribution is 2.26. The second-order valence-electron chi connectivity index (χ2n) is 5.71. The monoisotopic (exact) mass is 272 g/mol. The zero-order valence-corrected chi connectivity index (χ0v) is 12.4. The Bertz CT molecular complexity index is 554. The maximum absolute atomic E-state index is 4.37. The standard InChI is InChI=1S/C16H24N4/c1-3-17-13-7-9-14(10-8-13)19(2)16-6-4-5-15-18-11-12-20(15)16/h4-6,11-14,17H,3,7-10H2,1-2H3. The molecule has 0 unspecified atom stereocenters. The van der Waals surface area contributed by atoms with Gasteiger partial charge < -0.3 is 10.2 Å². The zero-order chi connectivity index (χ0) is 13.9. The van der Waals surface area contributed by atoms with Gasteiger partial charge in [0.25, 0.3) is 0 Å². The fourth-order valence-corrected chi connectivity index (χ4v) is 3.36. The molecule has 2 heterocycles. The Labute approximate surface area is 120 Å². The molecule has 1 N–H and O–H groups in total. The number of pyridine rings is 1. The van der Waals surface area contributed by atoms with Crippen molar-refractivity contribution in [2.24, 2.45) is 0 Å². The van der Waals surface area contributed by atoms with Crippen LogP contribution in [-0.2, 0) is 0 Å². The summed E-state index contributed by atoms with van der Waals surface area (Å²) in [6, 6.07) is 7.69. The van der Waals surface area contributed by atoms with Crippen molar-refractivity contribution < 1.29 is 0 Å². The summed E-state index contributed by atoms with van der Waals surface area (Å²) in [5.41, 5.74) is 1.02. The quantitative estimate of drug-likeness (QED) is 0.929. The largest absolute Gasteiger partial charge is 0.358 e. The van der Waals surface area contributed by atoms with E-state index in [1.165, 1.54) is 31.5 Å². The van der Waals surface area contributed by atoms with Crippen LogP contribution in [0.25, 0.3) is 5.65 Å². The van der Waals surface area contributed by atoms with Gasteiger partial charge in [-0.05, 0) is 44.4 Å². The molecule has 1 saturated carbocycles. The van der Waals surface area contributed by atoms with E-state index in [1.54, 1.807) is 0 Å². The van der Waals surface area contributed by atoms with Gasteiger partial charge in [0.2, 0.25) is 0 Å². The Morgan fingerprint density at radius 1 is 1.30 bits per heavy atom. The van der Waals surface area contributed by atoms with Gasteiger partial charge in [-0.2, -0.15) is 0 Å². The average Bonchev–Trinajstić information content (AvgIpc) is 2.96. The maximum Gasteiger partial charge on any atom is 0.138 e. The number of rotatable bonds is 4. The van der Waals surface area contributed by atoms with E-state index in [0.717, 1.165) is 12.2 Å². The van der Waals surface area contributed by atoms with Crippen LogP contribution in [-0.4, -0.2) is 35.1 Å². The molecule has 2 aromatic rings. The molecule has 3 rings (SSSR count). The highest BCUT2D eigenvalue weighted by Gasteiger charge is 2.24. The first-order valence-corrected chi connectivity index (χ1v) is 7.68. The Hall–Kier alpha value is -1.55. The third-order valence-electron chi connectivity index (χ3n) is 4.51. The van der Waals surface area contributed by atoms with Crippen molar-refractivity contribution in [2.75, 3.05) is 18.5 Å². The summed E-state index contributed by atoms with van der Waals surface area (Å²) in [7, 11) is 2.22. The van der Waals surface area contributed by atoms with Crippen molar-refractivity contribution >= 4 is 11.5 Å². The highest BCUT2D eigenvalue weighted by molar-refractivity contribution is 5.51. The first kappa shape index (κ1) is 13.4. The molecule has 0 aromatic carbocycles. The van der Waals surface area contributed by atoms with Gasteiger partial charge in [-0.3, -0.25) is 4.40 Å². The van der Waals surface area contributed by atoms with E-state index in [0.29, 0.717) is 12.1 Å². The van der Waals surface area contributed by atoms with E-state index >= 15 is 0 Å². The van der Waals surface area contributed by atoms with Crippen LogP contribution in [0.2, 0.25) is 0 Å². The summed E-state index contributed by atoms with van der Waals surface area (Å²) in [5.74, 6) is 1.24. The number of nitrogens with one attached hydrogen (secondary N) is 1. The van der Waals surface area contributed by atoms with Gasteiger partial charge in [0.05, 0.1) is 0 Å². The number of hydrogen-bond acceptors (Lipinski definition) is 3. The number of imidazole rings is 1. The van der Waals surface area contributed by atoms with Crippen LogP contribution < -0.4 is 10.2 Å². The highest BCUT2D eigenvalue weighted by atomic mass is 15.2. The van der Waals surface area contributed by atoms with E-state index < -0.39 is 0 Å². The summed E-state index contributed by atoms with van der Waals surface area (Å²) in [6.07, 6.45) is 9.00. The molecule has 0 aliphatic heterocycles. The summed E-state index contributed by atoms with van der Waals surface area (Å²) in [6.45, 7) is 3.28. The molecule has 0 saturated heterocycles. The maximum atomic E-state index is 4.37. The van der Waals surface area contributed by atoms with Crippen LogP contribution in [0, 0.1) is 0 Å². The number of fused-ring (bicyclic) bond motifs is 1. The molecule has 0 amide bonds. The van der Waals surface area contributed by atoms with Crippen LogP contribution in [0.3, 0.4) is 0 Å². The lowest BCUT2D eigenvalue weighted by atomic mass is 9.90. The van der Waals surface area contributed by atoms with Gasteiger partial charge in [-0.25, -0.2) is 4.98 Å². The minimum atomic E-state index is 0.637. The third-order valence-corrected chi connectivity index (χ3v) is 4.51. The van der Waals surface area contributed by atoms with Crippen LogP contribution in [0.15, 0.2) is 30.6 Å². The lowest BCUT2D eigenvalue weighted by Gasteiger charge is -2.36. The molecule has 2 aromatic heterocycles. The molecule has 20 heavy (non-hydrogen) atoms. The molecule has 0 atom stereocenters. The normalized spacial score (nSPS) is 23.1. The van der Waals surface area contributed by atoms with Crippen molar-refractivity contribution in [3.05, 3.63) is 30.6 Å². The SMILES string of the molecule is CCNC1CCC(N(C)c2cccc3nccn23)CC1.